The van der Waals surface area contributed by atoms with Crippen molar-refractivity contribution in [2.75, 3.05) is 20.8 Å². The van der Waals surface area contributed by atoms with E-state index in [1.165, 1.54) is 0 Å². The predicted molar refractivity (Wildman–Crippen MR) is 107 cm³/mol. The quantitative estimate of drug-likeness (QED) is 0.518. The van der Waals surface area contributed by atoms with Gasteiger partial charge in [-0.15, -0.1) is 11.3 Å². The van der Waals surface area contributed by atoms with Crippen molar-refractivity contribution in [3.63, 3.8) is 0 Å². The van der Waals surface area contributed by atoms with Gasteiger partial charge >= 0.3 is 0 Å². The first-order valence-corrected chi connectivity index (χ1v) is 9.96. The molecular formula is C20H23N3O4S. The molecule has 0 saturated heterocycles. The lowest BCUT2D eigenvalue weighted by Crippen LogP contribution is -2.24. The van der Waals surface area contributed by atoms with Crippen LogP contribution in [0.4, 0.5) is 0 Å². The Bertz CT molecular complexity index is 893. The van der Waals surface area contributed by atoms with Gasteiger partial charge in [0.1, 0.15) is 0 Å². The Morgan fingerprint density at radius 1 is 1.14 bits per heavy atom. The summed E-state index contributed by atoms with van der Waals surface area (Å²) in [6.45, 7) is 0.609. The molecule has 3 aromatic rings. The fourth-order valence-corrected chi connectivity index (χ4v) is 3.37. The highest BCUT2D eigenvalue weighted by Crippen LogP contribution is 2.27. The molecule has 0 spiro atoms. The Morgan fingerprint density at radius 2 is 2.00 bits per heavy atom. The zero-order valence-corrected chi connectivity index (χ0v) is 16.8. The van der Waals surface area contributed by atoms with Crippen LogP contribution in [-0.4, -0.2) is 36.8 Å². The molecule has 2 aromatic heterocycles. The number of ether oxygens (including phenoxy) is 2. The summed E-state index contributed by atoms with van der Waals surface area (Å²) in [5, 5.41) is 8.92. The number of carbonyl (C=O) groups excluding carboxylic acids is 1. The van der Waals surface area contributed by atoms with Gasteiger partial charge in [0.05, 0.1) is 19.1 Å². The van der Waals surface area contributed by atoms with Crippen LogP contribution >= 0.6 is 11.3 Å². The summed E-state index contributed by atoms with van der Waals surface area (Å²) in [7, 11) is 3.11. The van der Waals surface area contributed by atoms with E-state index < -0.39 is 0 Å². The Kier molecular flexibility index (Phi) is 7.02. The fourth-order valence-electron chi connectivity index (χ4n) is 2.72. The van der Waals surface area contributed by atoms with Crippen LogP contribution in [0.3, 0.4) is 0 Å². The molecule has 2 heterocycles. The second-order valence-electron chi connectivity index (χ2n) is 6.13. The highest BCUT2D eigenvalue weighted by atomic mass is 32.1. The number of unbranched alkanes of at least 4 members (excludes halogenated alkanes) is 2. The Labute approximate surface area is 167 Å². The Balaban J connectivity index is 1.36. The van der Waals surface area contributed by atoms with Crippen molar-refractivity contribution in [3.8, 4) is 22.2 Å². The Hall–Kier alpha value is -2.87. The van der Waals surface area contributed by atoms with Crippen molar-refractivity contribution >= 4 is 17.2 Å². The molecule has 0 unspecified atom stereocenters. The molecular weight excluding hydrogens is 378 g/mol. The zero-order chi connectivity index (χ0) is 19.8. The lowest BCUT2D eigenvalue weighted by Gasteiger charge is -2.10. The number of aromatic nitrogens is 2. The van der Waals surface area contributed by atoms with E-state index in [-0.39, 0.29) is 5.91 Å². The molecule has 0 fully saturated rings. The summed E-state index contributed by atoms with van der Waals surface area (Å²) in [6.07, 6.45) is 3.51. The van der Waals surface area contributed by atoms with Crippen LogP contribution in [0, 0.1) is 0 Å². The third-order valence-electron chi connectivity index (χ3n) is 4.21. The van der Waals surface area contributed by atoms with Crippen molar-refractivity contribution in [3.05, 3.63) is 47.2 Å². The van der Waals surface area contributed by atoms with Gasteiger partial charge in [0.2, 0.25) is 11.7 Å². The average molecular weight is 401 g/mol. The Morgan fingerprint density at radius 3 is 2.75 bits per heavy atom. The number of amides is 1. The van der Waals surface area contributed by atoms with E-state index >= 15 is 0 Å². The van der Waals surface area contributed by atoms with Crippen LogP contribution in [0.5, 0.6) is 11.5 Å². The normalized spacial score (nSPS) is 10.6. The molecule has 7 nitrogen and oxygen atoms in total. The molecule has 0 saturated carbocycles. The molecule has 0 aliphatic carbocycles. The molecule has 1 amide bonds. The third-order valence-corrected chi connectivity index (χ3v) is 5.07. The molecule has 0 bridgehead atoms. The molecule has 1 N–H and O–H groups in total. The lowest BCUT2D eigenvalue weighted by atomic mass is 10.1. The summed E-state index contributed by atoms with van der Waals surface area (Å²) >= 11 is 1.59. The van der Waals surface area contributed by atoms with Crippen molar-refractivity contribution in [1.29, 1.82) is 0 Å². The highest BCUT2D eigenvalue weighted by Gasteiger charge is 2.11. The fraction of sp³-hybridized carbons (Fsp3) is 0.350. The number of rotatable bonds is 10. The van der Waals surface area contributed by atoms with E-state index in [4.69, 9.17) is 14.0 Å². The van der Waals surface area contributed by atoms with E-state index in [0.29, 0.717) is 35.3 Å². The van der Waals surface area contributed by atoms with Crippen molar-refractivity contribution < 1.29 is 18.8 Å². The van der Waals surface area contributed by atoms with Gasteiger partial charge in [-0.1, -0.05) is 17.6 Å². The number of nitrogens with one attached hydrogen (secondary N) is 1. The minimum atomic E-state index is -0.126. The smallest absolute Gasteiger partial charge is 0.251 e. The van der Waals surface area contributed by atoms with Gasteiger partial charge in [0.15, 0.2) is 11.5 Å². The first-order chi connectivity index (χ1) is 13.7. The average Bonchev–Trinajstić information content (AvgIpc) is 3.41. The summed E-state index contributed by atoms with van der Waals surface area (Å²) in [6, 6.07) is 9.06. The minimum absolute atomic E-state index is 0.126. The van der Waals surface area contributed by atoms with Crippen LogP contribution in [0.15, 0.2) is 40.2 Å². The van der Waals surface area contributed by atoms with E-state index in [9.17, 15) is 4.79 Å². The minimum Gasteiger partial charge on any atom is -0.493 e. The first kappa shape index (κ1) is 19.9. The molecule has 148 valence electrons. The van der Waals surface area contributed by atoms with Crippen LogP contribution < -0.4 is 14.8 Å². The largest absolute Gasteiger partial charge is 0.493 e. The predicted octanol–water partition coefficient (Wildman–Crippen LogP) is 3.96. The van der Waals surface area contributed by atoms with E-state index in [1.54, 1.807) is 43.8 Å². The van der Waals surface area contributed by atoms with Gasteiger partial charge in [-0.25, -0.2) is 0 Å². The van der Waals surface area contributed by atoms with E-state index in [1.807, 2.05) is 17.5 Å². The van der Waals surface area contributed by atoms with Crippen molar-refractivity contribution in [2.24, 2.45) is 0 Å². The number of hydrogen-bond acceptors (Lipinski definition) is 7. The number of methoxy groups -OCH3 is 2. The maximum absolute atomic E-state index is 12.2. The highest BCUT2D eigenvalue weighted by molar-refractivity contribution is 7.13. The molecule has 0 atom stereocenters. The van der Waals surface area contributed by atoms with Gasteiger partial charge in [-0.2, -0.15) is 4.98 Å². The van der Waals surface area contributed by atoms with Crippen LogP contribution in [-0.2, 0) is 6.42 Å². The van der Waals surface area contributed by atoms with Crippen molar-refractivity contribution in [1.82, 2.24) is 15.5 Å². The van der Waals surface area contributed by atoms with E-state index in [2.05, 4.69) is 15.5 Å². The summed E-state index contributed by atoms with van der Waals surface area (Å²) in [5.74, 6) is 2.31. The number of aryl methyl sites for hydroxylation is 1. The third kappa shape index (κ3) is 5.10. The molecule has 0 radical (unpaired) electrons. The number of benzene rings is 1. The second-order valence-corrected chi connectivity index (χ2v) is 7.07. The molecule has 8 heteroatoms. The van der Waals surface area contributed by atoms with Gasteiger partial charge in [0.25, 0.3) is 5.91 Å². The number of thiophene rings is 1. The molecule has 0 aliphatic rings. The topological polar surface area (TPSA) is 86.5 Å². The monoisotopic (exact) mass is 401 g/mol. The second kappa shape index (κ2) is 9.89. The summed E-state index contributed by atoms with van der Waals surface area (Å²) in [4.78, 5) is 17.7. The summed E-state index contributed by atoms with van der Waals surface area (Å²) in [5.41, 5.74) is 0.546. The number of hydrogen-bond donors (Lipinski definition) is 1. The number of carbonyl (C=O) groups is 1. The summed E-state index contributed by atoms with van der Waals surface area (Å²) < 4.78 is 15.7. The van der Waals surface area contributed by atoms with Crippen LogP contribution in [0.2, 0.25) is 0 Å². The van der Waals surface area contributed by atoms with Gasteiger partial charge < -0.3 is 19.3 Å². The van der Waals surface area contributed by atoms with E-state index in [0.717, 1.165) is 30.6 Å². The van der Waals surface area contributed by atoms with Gasteiger partial charge in [0, 0.05) is 18.5 Å². The van der Waals surface area contributed by atoms with Crippen LogP contribution in [0.1, 0.15) is 35.5 Å². The maximum Gasteiger partial charge on any atom is 0.251 e. The van der Waals surface area contributed by atoms with Gasteiger partial charge in [-0.05, 0) is 42.5 Å². The maximum atomic E-state index is 12.2. The standard InChI is InChI=1S/C20H23N3O4S/c1-25-15-10-9-14(13-16(15)26-2)20(24)21-11-5-3-4-8-18-22-19(23-27-18)17-7-6-12-28-17/h6-7,9-10,12-13H,3-5,8,11H2,1-2H3,(H,21,24). The molecule has 0 aliphatic heterocycles. The lowest BCUT2D eigenvalue weighted by molar-refractivity contribution is 0.0952. The van der Waals surface area contributed by atoms with Crippen molar-refractivity contribution in [2.45, 2.75) is 25.7 Å². The molecule has 3 rings (SSSR count). The zero-order valence-electron chi connectivity index (χ0n) is 15.9. The van der Waals surface area contributed by atoms with Crippen LogP contribution in [0.25, 0.3) is 10.7 Å². The van der Waals surface area contributed by atoms with Gasteiger partial charge in [-0.3, -0.25) is 4.79 Å². The number of nitrogens with zero attached hydrogens (tertiary/aromatic N) is 2. The SMILES string of the molecule is COc1ccc(C(=O)NCCCCCc2nc(-c3cccs3)no2)cc1OC. The molecule has 1 aromatic carbocycles. The first-order valence-electron chi connectivity index (χ1n) is 9.08. The molecule has 28 heavy (non-hydrogen) atoms.